The molecule has 0 unspecified atom stereocenters. The lowest BCUT2D eigenvalue weighted by Gasteiger charge is -2.10. The predicted octanol–water partition coefficient (Wildman–Crippen LogP) is 2.50. The minimum absolute atomic E-state index is 0.345. The summed E-state index contributed by atoms with van der Waals surface area (Å²) in [4.78, 5) is 4.08. The summed E-state index contributed by atoms with van der Waals surface area (Å²) in [6, 6.07) is 3.58. The van der Waals surface area contributed by atoms with Crippen molar-refractivity contribution in [2.45, 2.75) is 6.61 Å². The largest absolute Gasteiger partial charge is 0.483 e. The third kappa shape index (κ3) is 2.78. The van der Waals surface area contributed by atoms with Crippen molar-refractivity contribution < 1.29 is 4.74 Å². The van der Waals surface area contributed by atoms with E-state index < -0.39 is 0 Å². The molecule has 0 spiro atoms. The first-order chi connectivity index (χ1) is 8.08. The molecule has 0 saturated heterocycles. The Morgan fingerprint density at radius 1 is 1.35 bits per heavy atom. The second kappa shape index (κ2) is 5.05. The minimum atomic E-state index is 0.345. The van der Waals surface area contributed by atoms with Gasteiger partial charge in [0.1, 0.15) is 18.7 Å². The number of benzene rings is 1. The number of halogens is 2. The maximum absolute atomic E-state index is 5.70. The van der Waals surface area contributed by atoms with Gasteiger partial charge in [0, 0.05) is 12.7 Å². The molecule has 0 radical (unpaired) electrons. The van der Waals surface area contributed by atoms with Gasteiger partial charge in [0.2, 0.25) is 0 Å². The van der Waals surface area contributed by atoms with E-state index in [-0.39, 0.29) is 0 Å². The van der Waals surface area contributed by atoms with Gasteiger partial charge in [-0.05, 0) is 44.0 Å². The van der Waals surface area contributed by atoms with Gasteiger partial charge in [-0.3, -0.25) is 4.68 Å². The second-order valence-electron chi connectivity index (χ2n) is 3.40. The Balaban J connectivity index is 2.17. The summed E-state index contributed by atoms with van der Waals surface area (Å²) >= 11 is 6.81. The summed E-state index contributed by atoms with van der Waals surface area (Å²) < 4.78 is 8.94. The zero-order valence-corrected chi connectivity index (χ0v) is 12.2. The Kier molecular flexibility index (Phi) is 3.68. The Hall–Kier alpha value is -1.08. The summed E-state index contributed by atoms with van der Waals surface area (Å²) in [6.07, 6.45) is 1.49. The molecular formula is C10H10Br2N4O. The molecule has 0 fully saturated rings. The number of ether oxygens (including phenoxy) is 1. The van der Waals surface area contributed by atoms with E-state index in [4.69, 9.17) is 10.5 Å². The number of aromatic nitrogens is 3. The number of nitrogens with two attached hydrogens (primary N) is 1. The third-order valence-corrected chi connectivity index (χ3v) is 3.35. The van der Waals surface area contributed by atoms with Crippen LogP contribution in [0.1, 0.15) is 5.82 Å². The van der Waals surface area contributed by atoms with E-state index >= 15 is 0 Å². The van der Waals surface area contributed by atoms with Crippen molar-refractivity contribution in [2.75, 3.05) is 5.73 Å². The van der Waals surface area contributed by atoms with Crippen LogP contribution in [0.2, 0.25) is 0 Å². The summed E-state index contributed by atoms with van der Waals surface area (Å²) in [5.41, 5.74) is 6.36. The minimum Gasteiger partial charge on any atom is -0.483 e. The molecule has 0 bridgehead atoms. The standard InChI is InChI=1S/C10H10Br2N4O/c1-16-9(14-5-15-16)4-17-10-7(11)2-6(13)3-8(10)12/h2-3,5H,4,13H2,1H3. The molecular weight excluding hydrogens is 352 g/mol. The Bertz CT molecular complexity index is 518. The van der Waals surface area contributed by atoms with E-state index in [1.165, 1.54) is 6.33 Å². The Morgan fingerprint density at radius 2 is 2.00 bits per heavy atom. The molecule has 7 heteroatoms. The molecule has 5 nitrogen and oxygen atoms in total. The van der Waals surface area contributed by atoms with Gasteiger partial charge in [0.15, 0.2) is 5.82 Å². The van der Waals surface area contributed by atoms with Gasteiger partial charge < -0.3 is 10.5 Å². The van der Waals surface area contributed by atoms with Crippen molar-refractivity contribution in [3.05, 3.63) is 33.2 Å². The molecule has 0 amide bonds. The van der Waals surface area contributed by atoms with Crippen molar-refractivity contribution in [3.63, 3.8) is 0 Å². The van der Waals surface area contributed by atoms with Crippen LogP contribution >= 0.6 is 31.9 Å². The quantitative estimate of drug-likeness (QED) is 0.853. The second-order valence-corrected chi connectivity index (χ2v) is 5.11. The molecule has 1 aromatic heterocycles. The Labute approximate surface area is 115 Å². The number of aryl methyl sites for hydroxylation is 1. The van der Waals surface area contributed by atoms with E-state index in [0.717, 1.165) is 14.8 Å². The van der Waals surface area contributed by atoms with Crippen LogP contribution in [-0.4, -0.2) is 14.8 Å². The van der Waals surface area contributed by atoms with Crippen LogP contribution in [-0.2, 0) is 13.7 Å². The summed E-state index contributed by atoms with van der Waals surface area (Å²) in [5, 5.41) is 3.97. The monoisotopic (exact) mass is 360 g/mol. The molecule has 0 aliphatic rings. The fraction of sp³-hybridized carbons (Fsp3) is 0.200. The van der Waals surface area contributed by atoms with Gasteiger partial charge in [0.05, 0.1) is 8.95 Å². The van der Waals surface area contributed by atoms with Gasteiger partial charge in [-0.25, -0.2) is 4.98 Å². The van der Waals surface area contributed by atoms with Crippen molar-refractivity contribution in [2.24, 2.45) is 7.05 Å². The van der Waals surface area contributed by atoms with Crippen LogP contribution in [0.15, 0.2) is 27.4 Å². The normalized spacial score (nSPS) is 10.5. The smallest absolute Gasteiger partial charge is 0.164 e. The molecule has 0 aliphatic carbocycles. The lowest BCUT2D eigenvalue weighted by Crippen LogP contribution is -2.05. The van der Waals surface area contributed by atoms with E-state index in [1.54, 1.807) is 16.8 Å². The van der Waals surface area contributed by atoms with E-state index in [9.17, 15) is 0 Å². The number of anilines is 1. The highest BCUT2D eigenvalue weighted by molar-refractivity contribution is 9.11. The first-order valence-electron chi connectivity index (χ1n) is 4.78. The molecule has 0 aliphatic heterocycles. The zero-order valence-electron chi connectivity index (χ0n) is 9.02. The Morgan fingerprint density at radius 3 is 2.53 bits per heavy atom. The number of hydrogen-bond donors (Lipinski definition) is 1. The first kappa shape index (κ1) is 12.4. The molecule has 2 rings (SSSR count). The predicted molar refractivity (Wildman–Crippen MR) is 71.6 cm³/mol. The van der Waals surface area contributed by atoms with Crippen LogP contribution < -0.4 is 10.5 Å². The van der Waals surface area contributed by atoms with E-state index in [1.807, 2.05) is 7.05 Å². The molecule has 17 heavy (non-hydrogen) atoms. The third-order valence-electron chi connectivity index (χ3n) is 2.17. The van der Waals surface area contributed by atoms with Crippen LogP contribution in [0, 0.1) is 0 Å². The highest BCUT2D eigenvalue weighted by atomic mass is 79.9. The average molecular weight is 362 g/mol. The van der Waals surface area contributed by atoms with Crippen molar-refractivity contribution >= 4 is 37.5 Å². The van der Waals surface area contributed by atoms with Crippen LogP contribution in [0.3, 0.4) is 0 Å². The van der Waals surface area contributed by atoms with E-state index in [0.29, 0.717) is 18.0 Å². The summed E-state index contributed by atoms with van der Waals surface area (Å²) in [6.45, 7) is 0.345. The van der Waals surface area contributed by atoms with Crippen LogP contribution in [0.25, 0.3) is 0 Å². The molecule has 2 N–H and O–H groups in total. The van der Waals surface area contributed by atoms with Gasteiger partial charge in [0.25, 0.3) is 0 Å². The topological polar surface area (TPSA) is 66.0 Å². The number of nitrogens with zero attached hydrogens (tertiary/aromatic N) is 3. The highest BCUT2D eigenvalue weighted by Gasteiger charge is 2.09. The van der Waals surface area contributed by atoms with Crippen molar-refractivity contribution in [3.8, 4) is 5.75 Å². The van der Waals surface area contributed by atoms with Gasteiger partial charge in [-0.15, -0.1) is 0 Å². The molecule has 2 aromatic rings. The lowest BCUT2D eigenvalue weighted by molar-refractivity contribution is 0.286. The number of nitrogen functional groups attached to an aromatic ring is 1. The zero-order chi connectivity index (χ0) is 12.4. The summed E-state index contributed by atoms with van der Waals surface area (Å²) in [7, 11) is 1.82. The number of rotatable bonds is 3. The van der Waals surface area contributed by atoms with Crippen LogP contribution in [0.4, 0.5) is 5.69 Å². The lowest BCUT2D eigenvalue weighted by atomic mass is 10.3. The van der Waals surface area contributed by atoms with Crippen molar-refractivity contribution in [1.82, 2.24) is 14.8 Å². The maximum atomic E-state index is 5.70. The molecule has 0 atom stereocenters. The van der Waals surface area contributed by atoms with Crippen LogP contribution in [0.5, 0.6) is 5.75 Å². The maximum Gasteiger partial charge on any atom is 0.164 e. The SMILES string of the molecule is Cn1ncnc1COc1c(Br)cc(N)cc1Br. The van der Waals surface area contributed by atoms with Crippen molar-refractivity contribution in [1.29, 1.82) is 0 Å². The van der Waals surface area contributed by atoms with Gasteiger partial charge in [-0.1, -0.05) is 0 Å². The first-order valence-corrected chi connectivity index (χ1v) is 6.36. The molecule has 90 valence electrons. The fourth-order valence-corrected chi connectivity index (χ4v) is 2.76. The molecule has 0 saturated carbocycles. The molecule has 1 aromatic carbocycles. The molecule has 1 heterocycles. The van der Waals surface area contributed by atoms with Gasteiger partial charge in [-0.2, -0.15) is 5.10 Å². The number of hydrogen-bond acceptors (Lipinski definition) is 4. The fourth-order valence-electron chi connectivity index (χ4n) is 1.30. The average Bonchev–Trinajstić information content (AvgIpc) is 2.62. The van der Waals surface area contributed by atoms with E-state index in [2.05, 4.69) is 41.9 Å². The summed E-state index contributed by atoms with van der Waals surface area (Å²) in [5.74, 6) is 1.45. The highest BCUT2D eigenvalue weighted by Crippen LogP contribution is 2.35. The van der Waals surface area contributed by atoms with Gasteiger partial charge >= 0.3 is 0 Å².